The molecule has 1 aliphatic carbocycles. The van der Waals surface area contributed by atoms with Crippen molar-refractivity contribution < 1.29 is 0 Å². The molecule has 0 aromatic carbocycles. The second-order valence-corrected chi connectivity index (χ2v) is 5.94. The van der Waals surface area contributed by atoms with Crippen LogP contribution in [0.4, 0.5) is 11.5 Å². The number of aromatic nitrogens is 1. The molecule has 1 fully saturated rings. The predicted octanol–water partition coefficient (Wildman–Crippen LogP) is 3.94. The first-order chi connectivity index (χ1) is 8.56. The highest BCUT2D eigenvalue weighted by Gasteiger charge is 2.27. The first kappa shape index (κ1) is 13.5. The Morgan fingerprint density at radius 1 is 1.33 bits per heavy atom. The lowest BCUT2D eigenvalue weighted by atomic mass is 9.78. The number of pyridine rings is 1. The molecule has 1 aromatic rings. The minimum Gasteiger partial charge on any atom is -0.399 e. The van der Waals surface area contributed by atoms with Gasteiger partial charge in [0.25, 0.3) is 0 Å². The summed E-state index contributed by atoms with van der Waals surface area (Å²) in [6, 6.07) is 4.02. The van der Waals surface area contributed by atoms with Gasteiger partial charge in [0.2, 0.25) is 0 Å². The zero-order chi connectivity index (χ0) is 13.1. The van der Waals surface area contributed by atoms with Crippen molar-refractivity contribution in [3.05, 3.63) is 17.3 Å². The van der Waals surface area contributed by atoms with E-state index in [0.29, 0.717) is 28.7 Å². The van der Waals surface area contributed by atoms with Crippen molar-refractivity contribution in [1.29, 1.82) is 0 Å². The average Bonchev–Trinajstić information content (AvgIpc) is 2.27. The SMILES string of the molecule is CC(C)C1CCCCC1Nc1cc(N)cc(Cl)n1. The number of nitrogen functional groups attached to an aromatic ring is 1. The van der Waals surface area contributed by atoms with Crippen LogP contribution in [-0.4, -0.2) is 11.0 Å². The summed E-state index contributed by atoms with van der Waals surface area (Å²) in [5, 5.41) is 3.97. The number of halogens is 1. The molecule has 0 amide bonds. The van der Waals surface area contributed by atoms with Gasteiger partial charge in [-0.1, -0.05) is 38.3 Å². The van der Waals surface area contributed by atoms with E-state index in [0.717, 1.165) is 5.82 Å². The van der Waals surface area contributed by atoms with Gasteiger partial charge < -0.3 is 11.1 Å². The zero-order valence-electron chi connectivity index (χ0n) is 11.1. The molecular formula is C14H22ClN3. The molecule has 1 aromatic heterocycles. The second kappa shape index (κ2) is 5.79. The fourth-order valence-electron chi connectivity index (χ4n) is 2.92. The molecule has 2 unspecified atom stereocenters. The molecule has 0 spiro atoms. The zero-order valence-corrected chi connectivity index (χ0v) is 11.9. The lowest BCUT2D eigenvalue weighted by Gasteiger charge is -2.35. The lowest BCUT2D eigenvalue weighted by Crippen LogP contribution is -2.35. The number of rotatable bonds is 3. The first-order valence-electron chi connectivity index (χ1n) is 6.76. The van der Waals surface area contributed by atoms with Crippen molar-refractivity contribution in [3.8, 4) is 0 Å². The van der Waals surface area contributed by atoms with Crippen LogP contribution in [0.2, 0.25) is 5.15 Å². The van der Waals surface area contributed by atoms with Crippen molar-refractivity contribution >= 4 is 23.1 Å². The summed E-state index contributed by atoms with van der Waals surface area (Å²) in [7, 11) is 0. The molecule has 0 bridgehead atoms. The van der Waals surface area contributed by atoms with Gasteiger partial charge in [0, 0.05) is 17.8 Å². The molecule has 100 valence electrons. The maximum absolute atomic E-state index is 5.94. The first-order valence-corrected chi connectivity index (χ1v) is 7.13. The van der Waals surface area contributed by atoms with E-state index >= 15 is 0 Å². The summed E-state index contributed by atoms with van der Waals surface area (Å²) in [5.41, 5.74) is 6.46. The fraction of sp³-hybridized carbons (Fsp3) is 0.643. The second-order valence-electron chi connectivity index (χ2n) is 5.55. The summed E-state index contributed by atoms with van der Waals surface area (Å²) >= 11 is 5.94. The van der Waals surface area contributed by atoms with E-state index in [4.69, 9.17) is 17.3 Å². The van der Waals surface area contributed by atoms with Crippen LogP contribution in [0.3, 0.4) is 0 Å². The van der Waals surface area contributed by atoms with Gasteiger partial charge in [0.1, 0.15) is 11.0 Å². The van der Waals surface area contributed by atoms with Crippen LogP contribution in [0.15, 0.2) is 12.1 Å². The smallest absolute Gasteiger partial charge is 0.133 e. The molecule has 2 rings (SSSR count). The van der Waals surface area contributed by atoms with Gasteiger partial charge in [-0.15, -0.1) is 0 Å². The number of nitrogens with two attached hydrogens (primary N) is 1. The summed E-state index contributed by atoms with van der Waals surface area (Å²) in [4.78, 5) is 4.30. The maximum Gasteiger partial charge on any atom is 0.133 e. The van der Waals surface area contributed by atoms with Crippen LogP contribution in [0.5, 0.6) is 0 Å². The monoisotopic (exact) mass is 267 g/mol. The van der Waals surface area contributed by atoms with Gasteiger partial charge in [-0.3, -0.25) is 0 Å². The van der Waals surface area contributed by atoms with Crippen molar-refractivity contribution in [2.24, 2.45) is 11.8 Å². The highest BCUT2D eigenvalue weighted by molar-refractivity contribution is 6.29. The van der Waals surface area contributed by atoms with Crippen LogP contribution in [0, 0.1) is 11.8 Å². The normalized spacial score (nSPS) is 24.2. The van der Waals surface area contributed by atoms with Crippen LogP contribution < -0.4 is 11.1 Å². The van der Waals surface area contributed by atoms with Crippen molar-refractivity contribution in [2.75, 3.05) is 11.1 Å². The third kappa shape index (κ3) is 3.29. The summed E-state index contributed by atoms with van der Waals surface area (Å²) in [6.07, 6.45) is 5.13. The number of anilines is 2. The Morgan fingerprint density at radius 2 is 2.06 bits per heavy atom. The molecule has 0 saturated heterocycles. The fourth-order valence-corrected chi connectivity index (χ4v) is 3.13. The van der Waals surface area contributed by atoms with Crippen LogP contribution in [0.1, 0.15) is 39.5 Å². The maximum atomic E-state index is 5.94. The topological polar surface area (TPSA) is 50.9 Å². The summed E-state index contributed by atoms with van der Waals surface area (Å²) in [6.45, 7) is 4.59. The lowest BCUT2D eigenvalue weighted by molar-refractivity contribution is 0.253. The molecule has 3 N–H and O–H groups in total. The molecular weight excluding hydrogens is 246 g/mol. The van der Waals surface area contributed by atoms with E-state index in [9.17, 15) is 0 Å². The van der Waals surface area contributed by atoms with E-state index in [1.807, 2.05) is 6.07 Å². The van der Waals surface area contributed by atoms with Crippen LogP contribution in [0.25, 0.3) is 0 Å². The van der Waals surface area contributed by atoms with Crippen molar-refractivity contribution in [2.45, 2.75) is 45.6 Å². The highest BCUT2D eigenvalue weighted by atomic mass is 35.5. The molecule has 4 heteroatoms. The third-order valence-corrected chi connectivity index (χ3v) is 4.02. The van der Waals surface area contributed by atoms with Gasteiger partial charge >= 0.3 is 0 Å². The van der Waals surface area contributed by atoms with Crippen LogP contribution >= 0.6 is 11.6 Å². The van der Waals surface area contributed by atoms with E-state index < -0.39 is 0 Å². The Bertz CT molecular complexity index is 386. The van der Waals surface area contributed by atoms with Crippen molar-refractivity contribution in [3.63, 3.8) is 0 Å². The molecule has 0 radical (unpaired) electrons. The Labute approximate surface area is 114 Å². The minimum atomic E-state index is 0.453. The largest absolute Gasteiger partial charge is 0.399 e. The molecule has 0 aliphatic heterocycles. The molecule has 1 saturated carbocycles. The number of nitrogens with zero attached hydrogens (tertiary/aromatic N) is 1. The van der Waals surface area contributed by atoms with Crippen LogP contribution in [-0.2, 0) is 0 Å². The molecule has 1 heterocycles. The Hall–Kier alpha value is -0.960. The highest BCUT2D eigenvalue weighted by Crippen LogP contribution is 2.32. The Morgan fingerprint density at radius 3 is 2.72 bits per heavy atom. The van der Waals surface area contributed by atoms with Gasteiger partial charge in [-0.25, -0.2) is 4.98 Å². The van der Waals surface area contributed by atoms with Crippen molar-refractivity contribution in [1.82, 2.24) is 4.98 Å². The standard InChI is InChI=1S/C14H22ClN3/c1-9(2)11-5-3-4-6-12(11)17-14-8-10(16)7-13(15)18-14/h7-9,11-12H,3-6H2,1-2H3,(H3,16,17,18). The Kier molecular flexibility index (Phi) is 4.33. The molecule has 2 atom stereocenters. The quantitative estimate of drug-likeness (QED) is 0.816. The number of hydrogen-bond donors (Lipinski definition) is 2. The third-order valence-electron chi connectivity index (χ3n) is 3.83. The summed E-state index contributed by atoms with van der Waals surface area (Å²) in [5.74, 6) is 2.21. The van der Waals surface area contributed by atoms with E-state index in [-0.39, 0.29) is 0 Å². The average molecular weight is 268 g/mol. The van der Waals surface area contributed by atoms with E-state index in [1.54, 1.807) is 6.07 Å². The van der Waals surface area contributed by atoms with E-state index in [2.05, 4.69) is 24.1 Å². The number of nitrogens with one attached hydrogen (secondary N) is 1. The van der Waals surface area contributed by atoms with E-state index in [1.165, 1.54) is 25.7 Å². The number of hydrogen-bond acceptors (Lipinski definition) is 3. The van der Waals surface area contributed by atoms with Gasteiger partial charge in [-0.2, -0.15) is 0 Å². The molecule has 18 heavy (non-hydrogen) atoms. The predicted molar refractivity (Wildman–Crippen MR) is 77.9 cm³/mol. The Balaban J connectivity index is 2.10. The summed E-state index contributed by atoms with van der Waals surface area (Å²) < 4.78 is 0. The molecule has 1 aliphatic rings. The van der Waals surface area contributed by atoms with Gasteiger partial charge in [0.05, 0.1) is 0 Å². The molecule has 3 nitrogen and oxygen atoms in total. The van der Waals surface area contributed by atoms with Gasteiger partial charge in [-0.05, 0) is 30.7 Å². The van der Waals surface area contributed by atoms with Gasteiger partial charge in [0.15, 0.2) is 0 Å². The minimum absolute atomic E-state index is 0.453.